The predicted molar refractivity (Wildman–Crippen MR) is 75.7 cm³/mol. The highest BCUT2D eigenvalue weighted by atomic mass is 32.2. The van der Waals surface area contributed by atoms with Gasteiger partial charge in [0.05, 0.1) is 9.82 Å². The van der Waals surface area contributed by atoms with Gasteiger partial charge in [-0.05, 0) is 37.6 Å². The van der Waals surface area contributed by atoms with E-state index in [9.17, 15) is 18.5 Å². The Bertz CT molecular complexity index is 609. The number of hydrogen-bond donors (Lipinski definition) is 2. The van der Waals surface area contributed by atoms with Crippen LogP contribution in [0.2, 0.25) is 0 Å². The summed E-state index contributed by atoms with van der Waals surface area (Å²) in [6.45, 7) is 2.48. The maximum Gasteiger partial charge on any atom is 0.293 e. The van der Waals surface area contributed by atoms with Gasteiger partial charge in [0, 0.05) is 18.9 Å². The zero-order chi connectivity index (χ0) is 14.8. The van der Waals surface area contributed by atoms with Gasteiger partial charge in [0.25, 0.3) is 5.69 Å². The number of sulfone groups is 1. The SMILES string of the molecule is CS(=O)(=O)c1ccc(NCC2CCNC2)c([N+](=O)[O-])c1. The first kappa shape index (κ1) is 14.7. The molecular weight excluding hydrogens is 282 g/mol. The number of nitrogens with one attached hydrogen (secondary N) is 2. The Labute approximate surface area is 117 Å². The van der Waals surface area contributed by atoms with Gasteiger partial charge in [-0.3, -0.25) is 10.1 Å². The lowest BCUT2D eigenvalue weighted by molar-refractivity contribution is -0.384. The molecule has 1 aliphatic rings. The lowest BCUT2D eigenvalue weighted by atomic mass is 10.1. The molecule has 0 aromatic heterocycles. The second-order valence-electron chi connectivity index (χ2n) is 4.95. The minimum atomic E-state index is -3.45. The lowest BCUT2D eigenvalue weighted by Crippen LogP contribution is -2.17. The Morgan fingerprint density at radius 3 is 2.80 bits per heavy atom. The van der Waals surface area contributed by atoms with E-state index in [-0.39, 0.29) is 10.6 Å². The summed E-state index contributed by atoms with van der Waals surface area (Å²) in [5.74, 6) is 0.434. The number of hydrogen-bond acceptors (Lipinski definition) is 6. The molecule has 2 rings (SSSR count). The number of nitro benzene ring substituents is 1. The third kappa shape index (κ3) is 3.45. The van der Waals surface area contributed by atoms with Gasteiger partial charge in [-0.25, -0.2) is 8.42 Å². The van der Waals surface area contributed by atoms with Crippen molar-refractivity contribution in [3.63, 3.8) is 0 Å². The fourth-order valence-electron chi connectivity index (χ4n) is 2.19. The van der Waals surface area contributed by atoms with E-state index in [1.54, 1.807) is 0 Å². The van der Waals surface area contributed by atoms with Crippen molar-refractivity contribution in [3.8, 4) is 0 Å². The fraction of sp³-hybridized carbons (Fsp3) is 0.500. The fourth-order valence-corrected chi connectivity index (χ4v) is 2.83. The topological polar surface area (TPSA) is 101 Å². The van der Waals surface area contributed by atoms with E-state index in [4.69, 9.17) is 0 Å². The summed E-state index contributed by atoms with van der Waals surface area (Å²) < 4.78 is 22.9. The van der Waals surface area contributed by atoms with Gasteiger partial charge in [-0.15, -0.1) is 0 Å². The first-order chi connectivity index (χ1) is 9.38. The van der Waals surface area contributed by atoms with E-state index in [1.807, 2.05) is 0 Å². The molecule has 0 radical (unpaired) electrons. The molecule has 110 valence electrons. The molecule has 7 nitrogen and oxygen atoms in total. The molecule has 1 fully saturated rings. The Morgan fingerprint density at radius 1 is 1.50 bits per heavy atom. The maximum atomic E-state index is 11.4. The molecule has 1 atom stereocenters. The van der Waals surface area contributed by atoms with Crippen LogP contribution in [0.3, 0.4) is 0 Å². The molecular formula is C12H17N3O4S. The lowest BCUT2D eigenvalue weighted by Gasteiger charge is -2.12. The number of rotatable bonds is 5. The second-order valence-corrected chi connectivity index (χ2v) is 6.96. The number of nitro groups is 1. The Hall–Kier alpha value is -1.67. The van der Waals surface area contributed by atoms with Crippen LogP contribution >= 0.6 is 0 Å². The summed E-state index contributed by atoms with van der Waals surface area (Å²) >= 11 is 0. The summed E-state index contributed by atoms with van der Waals surface area (Å²) in [5.41, 5.74) is 0.146. The van der Waals surface area contributed by atoms with Crippen molar-refractivity contribution in [2.45, 2.75) is 11.3 Å². The van der Waals surface area contributed by atoms with E-state index in [0.717, 1.165) is 31.8 Å². The summed E-state index contributed by atoms with van der Waals surface area (Å²) in [4.78, 5) is 10.4. The van der Waals surface area contributed by atoms with Crippen LogP contribution in [-0.4, -0.2) is 39.2 Å². The molecule has 0 bridgehead atoms. The Kier molecular flexibility index (Phi) is 4.24. The number of nitrogens with zero attached hydrogens (tertiary/aromatic N) is 1. The van der Waals surface area contributed by atoms with Crippen LogP contribution in [0, 0.1) is 16.0 Å². The van der Waals surface area contributed by atoms with E-state index >= 15 is 0 Å². The third-order valence-corrected chi connectivity index (χ3v) is 4.45. The quantitative estimate of drug-likeness (QED) is 0.622. The highest BCUT2D eigenvalue weighted by molar-refractivity contribution is 7.90. The van der Waals surface area contributed by atoms with Crippen molar-refractivity contribution in [3.05, 3.63) is 28.3 Å². The average molecular weight is 299 g/mol. The van der Waals surface area contributed by atoms with Gasteiger partial charge in [0.2, 0.25) is 0 Å². The molecule has 1 aliphatic heterocycles. The van der Waals surface area contributed by atoms with Crippen molar-refractivity contribution in [1.29, 1.82) is 0 Å². The molecule has 0 amide bonds. The third-order valence-electron chi connectivity index (χ3n) is 3.34. The Balaban J connectivity index is 2.21. The molecule has 1 heterocycles. The van der Waals surface area contributed by atoms with E-state index in [1.165, 1.54) is 12.1 Å². The normalized spacial score (nSPS) is 18.9. The number of anilines is 1. The molecule has 0 aliphatic carbocycles. The largest absolute Gasteiger partial charge is 0.379 e. The maximum absolute atomic E-state index is 11.4. The van der Waals surface area contributed by atoms with E-state index in [2.05, 4.69) is 10.6 Å². The minimum absolute atomic E-state index is 0.0442. The molecule has 1 aromatic rings. The predicted octanol–water partition coefficient (Wildman–Crippen LogP) is 1.02. The minimum Gasteiger partial charge on any atom is -0.379 e. The van der Waals surface area contributed by atoms with E-state index < -0.39 is 14.8 Å². The average Bonchev–Trinajstić information content (AvgIpc) is 2.88. The van der Waals surface area contributed by atoms with Crippen molar-refractivity contribution in [1.82, 2.24) is 5.32 Å². The molecule has 0 saturated carbocycles. The van der Waals surface area contributed by atoms with Crippen molar-refractivity contribution in [2.75, 3.05) is 31.2 Å². The summed E-state index contributed by atoms with van der Waals surface area (Å²) in [6.07, 6.45) is 2.06. The van der Waals surface area contributed by atoms with Crippen LogP contribution in [0.1, 0.15) is 6.42 Å². The second kappa shape index (κ2) is 5.76. The summed E-state index contributed by atoms with van der Waals surface area (Å²) in [5, 5.41) is 17.3. The highest BCUT2D eigenvalue weighted by Gasteiger charge is 2.20. The number of benzene rings is 1. The summed E-state index contributed by atoms with van der Waals surface area (Å²) in [6, 6.07) is 3.94. The molecule has 1 saturated heterocycles. The van der Waals surface area contributed by atoms with Crippen LogP contribution in [0.15, 0.2) is 23.1 Å². The van der Waals surface area contributed by atoms with Gasteiger partial charge < -0.3 is 10.6 Å². The van der Waals surface area contributed by atoms with Crippen LogP contribution in [0.4, 0.5) is 11.4 Å². The zero-order valence-electron chi connectivity index (χ0n) is 11.1. The van der Waals surface area contributed by atoms with Crippen LogP contribution in [-0.2, 0) is 9.84 Å². The molecule has 0 spiro atoms. The van der Waals surface area contributed by atoms with Gasteiger partial charge in [0.1, 0.15) is 5.69 Å². The standard InChI is InChI=1S/C12H17N3O4S/c1-20(18,19)10-2-3-11(12(6-10)15(16)17)14-8-9-4-5-13-7-9/h2-3,6,9,13-14H,4-5,7-8H2,1H3. The zero-order valence-corrected chi connectivity index (χ0v) is 11.9. The van der Waals surface area contributed by atoms with E-state index in [0.29, 0.717) is 18.2 Å². The van der Waals surface area contributed by atoms with Gasteiger partial charge in [0.15, 0.2) is 9.84 Å². The molecule has 1 unspecified atom stereocenters. The van der Waals surface area contributed by atoms with Crippen LogP contribution < -0.4 is 10.6 Å². The van der Waals surface area contributed by atoms with Gasteiger partial charge in [-0.2, -0.15) is 0 Å². The molecule has 2 N–H and O–H groups in total. The first-order valence-corrected chi connectivity index (χ1v) is 8.20. The Morgan fingerprint density at radius 2 is 2.25 bits per heavy atom. The van der Waals surface area contributed by atoms with Gasteiger partial charge >= 0.3 is 0 Å². The van der Waals surface area contributed by atoms with Gasteiger partial charge in [-0.1, -0.05) is 0 Å². The molecule has 20 heavy (non-hydrogen) atoms. The molecule has 1 aromatic carbocycles. The smallest absolute Gasteiger partial charge is 0.293 e. The summed E-state index contributed by atoms with van der Waals surface area (Å²) in [7, 11) is -3.45. The van der Waals surface area contributed by atoms with Crippen molar-refractivity contribution < 1.29 is 13.3 Å². The van der Waals surface area contributed by atoms with Crippen molar-refractivity contribution in [2.24, 2.45) is 5.92 Å². The molecule has 8 heteroatoms. The van der Waals surface area contributed by atoms with Crippen LogP contribution in [0.5, 0.6) is 0 Å². The van der Waals surface area contributed by atoms with Crippen molar-refractivity contribution >= 4 is 21.2 Å². The first-order valence-electron chi connectivity index (χ1n) is 6.31. The highest BCUT2D eigenvalue weighted by Crippen LogP contribution is 2.28. The monoisotopic (exact) mass is 299 g/mol. The van der Waals surface area contributed by atoms with Crippen LogP contribution in [0.25, 0.3) is 0 Å².